The van der Waals surface area contributed by atoms with Gasteiger partial charge in [0.1, 0.15) is 0 Å². The summed E-state index contributed by atoms with van der Waals surface area (Å²) in [5.74, 6) is 0.495. The Bertz CT molecular complexity index is 862. The minimum Gasteiger partial charge on any atom is -0.312 e. The molecule has 2 atom stereocenters. The Hall–Kier alpha value is -2.33. The van der Waals surface area contributed by atoms with Crippen LogP contribution in [-0.2, 0) is 6.42 Å². The van der Waals surface area contributed by atoms with Crippen molar-refractivity contribution in [2.75, 3.05) is 7.05 Å². The van der Waals surface area contributed by atoms with E-state index in [9.17, 15) is 4.79 Å². The van der Waals surface area contributed by atoms with Gasteiger partial charge in [0.2, 0.25) is 0 Å². The van der Waals surface area contributed by atoms with Crippen LogP contribution < -0.4 is 11.0 Å². The lowest BCUT2D eigenvalue weighted by Crippen LogP contribution is -2.31. The largest absolute Gasteiger partial charge is 0.323 e. The van der Waals surface area contributed by atoms with Gasteiger partial charge in [-0.15, -0.1) is 0 Å². The van der Waals surface area contributed by atoms with Crippen LogP contribution in [0.2, 0.25) is 0 Å². The van der Waals surface area contributed by atoms with Gasteiger partial charge in [0, 0.05) is 12.0 Å². The smallest absolute Gasteiger partial charge is 0.312 e. The first-order valence-electron chi connectivity index (χ1n) is 7.23. The van der Waals surface area contributed by atoms with Crippen LogP contribution in [0.15, 0.2) is 47.3 Å². The molecule has 106 valence electrons. The predicted molar refractivity (Wildman–Crippen MR) is 83.6 cm³/mol. The predicted octanol–water partition coefficient (Wildman–Crippen LogP) is 2.46. The quantitative estimate of drug-likeness (QED) is 0.689. The molecule has 0 saturated heterocycles. The molecule has 0 saturated carbocycles. The van der Waals surface area contributed by atoms with Gasteiger partial charge in [-0.1, -0.05) is 30.3 Å². The van der Waals surface area contributed by atoms with Crippen molar-refractivity contribution in [1.82, 2.24) is 15.3 Å². The first kappa shape index (κ1) is 12.4. The molecular formula is C17H17N3O. The fourth-order valence-corrected chi connectivity index (χ4v) is 3.44. The molecule has 0 amide bonds. The maximum atomic E-state index is 11.4. The van der Waals surface area contributed by atoms with Gasteiger partial charge in [0.05, 0.1) is 11.0 Å². The normalized spacial score (nSPS) is 18.2. The van der Waals surface area contributed by atoms with Crippen LogP contribution in [0, 0.1) is 0 Å². The van der Waals surface area contributed by atoms with Gasteiger partial charge in [-0.3, -0.25) is 0 Å². The monoisotopic (exact) mass is 279 g/mol. The van der Waals surface area contributed by atoms with Crippen LogP contribution in [0.5, 0.6) is 0 Å². The summed E-state index contributed by atoms with van der Waals surface area (Å²) in [7, 11) is 2.00. The molecule has 0 aliphatic heterocycles. The number of H-pyrrole nitrogens is 2. The van der Waals surface area contributed by atoms with Crippen LogP contribution in [-0.4, -0.2) is 17.0 Å². The Labute approximate surface area is 122 Å². The topological polar surface area (TPSA) is 60.7 Å². The van der Waals surface area contributed by atoms with Crippen LogP contribution in [0.4, 0.5) is 0 Å². The molecule has 0 spiro atoms. The summed E-state index contributed by atoms with van der Waals surface area (Å²) in [6, 6.07) is 15.0. The van der Waals surface area contributed by atoms with E-state index in [1.165, 1.54) is 16.7 Å². The molecule has 1 aliphatic rings. The molecule has 3 aromatic rings. The second-order valence-electron chi connectivity index (χ2n) is 5.66. The molecule has 1 aliphatic carbocycles. The van der Waals surface area contributed by atoms with Crippen molar-refractivity contribution in [1.29, 1.82) is 0 Å². The van der Waals surface area contributed by atoms with Crippen molar-refractivity contribution in [2.24, 2.45) is 0 Å². The standard InChI is InChI=1S/C17H17N3O/c1-18-16(13-8-10-4-2-3-5-12(10)13)11-6-7-14-15(9-11)20-17(21)19-14/h2-7,9,13,16,18H,8H2,1H3,(H2,19,20,21). The van der Waals surface area contributed by atoms with Crippen LogP contribution in [0.1, 0.15) is 28.7 Å². The van der Waals surface area contributed by atoms with E-state index in [1.54, 1.807) is 0 Å². The Morgan fingerprint density at radius 1 is 1.14 bits per heavy atom. The van der Waals surface area contributed by atoms with Crippen molar-refractivity contribution in [2.45, 2.75) is 18.4 Å². The van der Waals surface area contributed by atoms with Gasteiger partial charge in [-0.05, 0) is 42.3 Å². The number of hydrogen-bond donors (Lipinski definition) is 3. The minimum absolute atomic E-state index is 0.155. The lowest BCUT2D eigenvalue weighted by atomic mass is 9.72. The van der Waals surface area contributed by atoms with E-state index in [2.05, 4.69) is 51.7 Å². The van der Waals surface area contributed by atoms with E-state index in [1.807, 2.05) is 13.1 Å². The maximum Gasteiger partial charge on any atom is 0.323 e. The summed E-state index contributed by atoms with van der Waals surface area (Å²) in [5.41, 5.74) is 5.65. The number of aromatic nitrogens is 2. The first-order valence-corrected chi connectivity index (χ1v) is 7.23. The van der Waals surface area contributed by atoms with E-state index in [4.69, 9.17) is 0 Å². The van der Waals surface area contributed by atoms with Crippen molar-refractivity contribution < 1.29 is 0 Å². The summed E-state index contributed by atoms with van der Waals surface area (Å²) in [4.78, 5) is 17.0. The summed E-state index contributed by atoms with van der Waals surface area (Å²) < 4.78 is 0. The van der Waals surface area contributed by atoms with E-state index >= 15 is 0 Å². The highest BCUT2D eigenvalue weighted by atomic mass is 16.1. The third kappa shape index (κ3) is 1.91. The second-order valence-corrected chi connectivity index (χ2v) is 5.66. The molecule has 4 nitrogen and oxygen atoms in total. The van der Waals surface area contributed by atoms with Gasteiger partial charge >= 0.3 is 5.69 Å². The molecule has 4 heteroatoms. The lowest BCUT2D eigenvalue weighted by Gasteiger charge is -2.36. The molecule has 0 bridgehead atoms. The van der Waals surface area contributed by atoms with E-state index in [0.717, 1.165) is 17.5 Å². The number of nitrogens with one attached hydrogen (secondary N) is 3. The Morgan fingerprint density at radius 2 is 1.95 bits per heavy atom. The average Bonchev–Trinajstić information content (AvgIpc) is 2.84. The highest BCUT2D eigenvalue weighted by molar-refractivity contribution is 5.75. The highest BCUT2D eigenvalue weighted by Gasteiger charge is 2.32. The fourth-order valence-electron chi connectivity index (χ4n) is 3.44. The van der Waals surface area contributed by atoms with Crippen LogP contribution in [0.25, 0.3) is 11.0 Å². The van der Waals surface area contributed by atoms with Crippen molar-refractivity contribution >= 4 is 11.0 Å². The van der Waals surface area contributed by atoms with Gasteiger partial charge < -0.3 is 15.3 Å². The SMILES string of the molecule is CNC(c1ccc2[nH]c(=O)[nH]c2c1)C1Cc2ccccc21. The molecule has 0 fully saturated rings. The molecule has 2 unspecified atom stereocenters. The molecule has 21 heavy (non-hydrogen) atoms. The lowest BCUT2D eigenvalue weighted by molar-refractivity contribution is 0.439. The zero-order chi connectivity index (χ0) is 14.4. The van der Waals surface area contributed by atoms with Crippen molar-refractivity contribution in [3.63, 3.8) is 0 Å². The van der Waals surface area contributed by atoms with Crippen LogP contribution in [0.3, 0.4) is 0 Å². The summed E-state index contributed by atoms with van der Waals surface area (Å²) in [5, 5.41) is 3.43. The van der Waals surface area contributed by atoms with Crippen molar-refractivity contribution in [3.8, 4) is 0 Å². The maximum absolute atomic E-state index is 11.4. The molecule has 1 aromatic heterocycles. The zero-order valence-electron chi connectivity index (χ0n) is 11.8. The Morgan fingerprint density at radius 3 is 2.76 bits per heavy atom. The molecule has 1 heterocycles. The number of benzene rings is 2. The minimum atomic E-state index is -0.155. The average molecular weight is 279 g/mol. The summed E-state index contributed by atoms with van der Waals surface area (Å²) >= 11 is 0. The summed E-state index contributed by atoms with van der Waals surface area (Å²) in [6.45, 7) is 0. The molecule has 3 N–H and O–H groups in total. The van der Waals surface area contributed by atoms with E-state index < -0.39 is 0 Å². The van der Waals surface area contributed by atoms with Gasteiger partial charge in [0.15, 0.2) is 0 Å². The number of rotatable bonds is 3. The molecule has 0 radical (unpaired) electrons. The zero-order valence-corrected chi connectivity index (χ0v) is 11.8. The van der Waals surface area contributed by atoms with Gasteiger partial charge in [0.25, 0.3) is 0 Å². The highest BCUT2D eigenvalue weighted by Crippen LogP contribution is 2.43. The summed E-state index contributed by atoms with van der Waals surface area (Å²) in [6.07, 6.45) is 1.10. The molecular weight excluding hydrogens is 262 g/mol. The number of aromatic amines is 2. The number of fused-ring (bicyclic) bond motifs is 2. The van der Waals surface area contributed by atoms with Crippen LogP contribution >= 0.6 is 0 Å². The van der Waals surface area contributed by atoms with Gasteiger partial charge in [-0.25, -0.2) is 4.79 Å². The molecule has 4 rings (SSSR count). The van der Waals surface area contributed by atoms with E-state index in [0.29, 0.717) is 5.92 Å². The number of likely N-dealkylation sites (N-methyl/N-ethyl adjacent to an activating group) is 1. The number of imidazole rings is 1. The fraction of sp³-hybridized carbons (Fsp3) is 0.235. The third-order valence-electron chi connectivity index (χ3n) is 4.51. The third-order valence-corrected chi connectivity index (χ3v) is 4.51. The first-order chi connectivity index (χ1) is 10.3. The van der Waals surface area contributed by atoms with Gasteiger partial charge in [-0.2, -0.15) is 0 Å². The second kappa shape index (κ2) is 4.60. The van der Waals surface area contributed by atoms with E-state index in [-0.39, 0.29) is 11.7 Å². The molecule has 2 aromatic carbocycles. The Kier molecular flexibility index (Phi) is 2.72. The Balaban J connectivity index is 1.74. The van der Waals surface area contributed by atoms with Crippen molar-refractivity contribution in [3.05, 3.63) is 69.6 Å². The number of hydrogen-bond acceptors (Lipinski definition) is 2.